The Hall–Kier alpha value is -4.20. The molecular weight excluding hydrogens is 442 g/mol. The van der Waals surface area contributed by atoms with Gasteiger partial charge in [-0.2, -0.15) is 5.10 Å². The van der Waals surface area contributed by atoms with Crippen molar-refractivity contribution in [2.24, 2.45) is 0 Å². The van der Waals surface area contributed by atoms with Gasteiger partial charge in [-0.1, -0.05) is 18.2 Å². The number of carbonyl (C=O) groups is 1. The molecule has 1 N–H and O–H groups in total. The maximum absolute atomic E-state index is 14.0. The summed E-state index contributed by atoms with van der Waals surface area (Å²) in [5.74, 6) is 0.378. The zero-order valence-electron chi connectivity index (χ0n) is 19.5. The molecule has 1 amide bonds. The van der Waals surface area contributed by atoms with Crippen molar-refractivity contribution in [2.75, 3.05) is 12.0 Å². The van der Waals surface area contributed by atoms with Crippen LogP contribution in [-0.2, 0) is 24.3 Å². The molecule has 1 aliphatic rings. The number of hydrogen-bond donors (Lipinski definition) is 1. The monoisotopic (exact) mass is 469 g/mol. The molecule has 1 atom stereocenters. The minimum Gasteiger partial charge on any atom is -0.508 e. The average molecular weight is 470 g/mol. The summed E-state index contributed by atoms with van der Waals surface area (Å²) in [6, 6.07) is 14.8. The van der Waals surface area contributed by atoms with Gasteiger partial charge in [0.15, 0.2) is 0 Å². The lowest BCUT2D eigenvalue weighted by Gasteiger charge is -2.31. The maximum Gasteiger partial charge on any atom is 0.234 e. The van der Waals surface area contributed by atoms with Crippen molar-refractivity contribution in [1.82, 2.24) is 19.7 Å². The van der Waals surface area contributed by atoms with E-state index in [9.17, 15) is 9.90 Å². The number of benzene rings is 1. The van der Waals surface area contributed by atoms with E-state index < -0.39 is 0 Å². The summed E-state index contributed by atoms with van der Waals surface area (Å²) >= 11 is 0. The van der Waals surface area contributed by atoms with Gasteiger partial charge in [0, 0.05) is 24.0 Å². The zero-order chi connectivity index (χ0) is 24.2. The predicted molar refractivity (Wildman–Crippen MR) is 131 cm³/mol. The fraction of sp³-hybridized carbons (Fsp3) is 0.259. The van der Waals surface area contributed by atoms with Crippen LogP contribution in [0.5, 0.6) is 11.6 Å². The van der Waals surface area contributed by atoms with Crippen molar-refractivity contribution >= 4 is 11.6 Å². The van der Waals surface area contributed by atoms with Crippen LogP contribution >= 0.6 is 0 Å². The smallest absolute Gasteiger partial charge is 0.234 e. The molecule has 3 heterocycles. The molecule has 0 bridgehead atoms. The first-order chi connectivity index (χ1) is 17.1. The van der Waals surface area contributed by atoms with Crippen LogP contribution in [0.1, 0.15) is 41.1 Å². The first-order valence-electron chi connectivity index (χ1n) is 11.7. The van der Waals surface area contributed by atoms with Crippen LogP contribution in [0, 0.1) is 0 Å². The minimum atomic E-state index is -0.337. The number of aromatic hydroxyl groups is 1. The van der Waals surface area contributed by atoms with Crippen LogP contribution in [-0.4, -0.2) is 37.9 Å². The molecule has 178 valence electrons. The zero-order valence-corrected chi connectivity index (χ0v) is 19.5. The molecule has 0 aliphatic heterocycles. The summed E-state index contributed by atoms with van der Waals surface area (Å²) in [6.07, 6.45) is 9.48. The third-order valence-electron chi connectivity index (χ3n) is 6.37. The molecule has 3 aromatic heterocycles. The standard InChI is InChI=1S/C27H27N5O3/c1-35-26-12-11-21(15-29-26)32(17-19-14-30-31(16-19)18-20-6-2-3-13-28-20)27(34)24-9-4-8-23-22(24)7-5-10-25(23)33/h2-3,5-7,10-16,24,33H,4,8-9,17-18H2,1H3. The minimum absolute atomic E-state index is 0.0269. The topological polar surface area (TPSA) is 93.4 Å². The van der Waals surface area contributed by atoms with Gasteiger partial charge in [0.25, 0.3) is 0 Å². The quantitative estimate of drug-likeness (QED) is 0.438. The number of nitrogens with zero attached hydrogens (tertiary/aromatic N) is 5. The third-order valence-corrected chi connectivity index (χ3v) is 6.37. The lowest BCUT2D eigenvalue weighted by molar-refractivity contribution is -0.120. The molecule has 1 aliphatic carbocycles. The lowest BCUT2D eigenvalue weighted by Crippen LogP contribution is -2.36. The highest BCUT2D eigenvalue weighted by Gasteiger charge is 2.32. The summed E-state index contributed by atoms with van der Waals surface area (Å²) < 4.78 is 7.02. The summed E-state index contributed by atoms with van der Waals surface area (Å²) in [5, 5.41) is 14.8. The first kappa shape index (κ1) is 22.6. The van der Waals surface area contributed by atoms with Gasteiger partial charge in [0.05, 0.1) is 49.9 Å². The van der Waals surface area contributed by atoms with Crippen LogP contribution in [0.25, 0.3) is 0 Å². The summed E-state index contributed by atoms with van der Waals surface area (Å²) in [7, 11) is 1.56. The van der Waals surface area contributed by atoms with E-state index in [-0.39, 0.29) is 17.6 Å². The normalized spacial score (nSPS) is 14.8. The number of fused-ring (bicyclic) bond motifs is 1. The predicted octanol–water partition coefficient (Wildman–Crippen LogP) is 4.09. The Labute approximate surface area is 203 Å². The van der Waals surface area contributed by atoms with Crippen LogP contribution < -0.4 is 9.64 Å². The van der Waals surface area contributed by atoms with Crippen LogP contribution in [0.3, 0.4) is 0 Å². The highest BCUT2D eigenvalue weighted by Crippen LogP contribution is 2.38. The number of pyridine rings is 2. The third kappa shape index (κ3) is 4.87. The fourth-order valence-electron chi connectivity index (χ4n) is 4.64. The highest BCUT2D eigenvalue weighted by atomic mass is 16.5. The second-order valence-corrected chi connectivity index (χ2v) is 8.64. The number of carbonyl (C=O) groups excluding carboxylic acids is 1. The number of phenolic OH excluding ortho intramolecular Hbond substituents is 1. The Balaban J connectivity index is 1.44. The van der Waals surface area contributed by atoms with Gasteiger partial charge in [-0.05, 0) is 54.7 Å². The molecule has 35 heavy (non-hydrogen) atoms. The SMILES string of the molecule is COc1ccc(N(Cc2cnn(Cc3ccccn3)c2)C(=O)C2CCCc3c(O)cccc32)cn1. The first-order valence-corrected chi connectivity index (χ1v) is 11.7. The van der Waals surface area contributed by atoms with Crippen LogP contribution in [0.2, 0.25) is 0 Å². The van der Waals surface area contributed by atoms with Crippen LogP contribution in [0.15, 0.2) is 73.3 Å². The number of aromatic nitrogens is 4. The Morgan fingerprint density at radius 2 is 2.06 bits per heavy atom. The molecule has 0 radical (unpaired) electrons. The molecule has 0 saturated carbocycles. The van der Waals surface area contributed by atoms with E-state index in [2.05, 4.69) is 15.1 Å². The number of ether oxygens (including phenoxy) is 1. The molecular formula is C27H27N5O3. The van der Waals surface area contributed by atoms with Crippen molar-refractivity contribution in [3.63, 3.8) is 0 Å². The molecule has 8 nitrogen and oxygen atoms in total. The Morgan fingerprint density at radius 3 is 2.83 bits per heavy atom. The molecule has 1 unspecified atom stereocenters. The second kappa shape index (κ2) is 9.97. The van der Waals surface area contributed by atoms with E-state index in [4.69, 9.17) is 4.74 Å². The van der Waals surface area contributed by atoms with E-state index in [1.807, 2.05) is 41.2 Å². The summed E-state index contributed by atoms with van der Waals surface area (Å²) in [4.78, 5) is 24.4. The van der Waals surface area contributed by atoms with Gasteiger partial charge in [-0.3, -0.25) is 14.5 Å². The van der Waals surface area contributed by atoms with E-state index in [0.29, 0.717) is 24.7 Å². The average Bonchev–Trinajstić information content (AvgIpc) is 3.34. The Kier molecular flexibility index (Phi) is 6.43. The van der Waals surface area contributed by atoms with E-state index in [0.717, 1.165) is 41.6 Å². The Bertz CT molecular complexity index is 1300. The van der Waals surface area contributed by atoms with Crippen molar-refractivity contribution in [3.8, 4) is 11.6 Å². The number of methoxy groups -OCH3 is 1. The summed E-state index contributed by atoms with van der Waals surface area (Å²) in [6.45, 7) is 0.897. The van der Waals surface area contributed by atoms with Gasteiger partial charge >= 0.3 is 0 Å². The van der Waals surface area contributed by atoms with Crippen molar-refractivity contribution in [1.29, 1.82) is 0 Å². The van der Waals surface area contributed by atoms with Crippen LogP contribution in [0.4, 0.5) is 5.69 Å². The van der Waals surface area contributed by atoms with E-state index in [1.165, 1.54) is 0 Å². The number of hydrogen-bond acceptors (Lipinski definition) is 6. The van der Waals surface area contributed by atoms with Crippen molar-refractivity contribution in [2.45, 2.75) is 38.3 Å². The molecule has 5 rings (SSSR count). The molecule has 0 fully saturated rings. The van der Waals surface area contributed by atoms with Gasteiger partial charge < -0.3 is 14.7 Å². The van der Waals surface area contributed by atoms with E-state index >= 15 is 0 Å². The highest BCUT2D eigenvalue weighted by molar-refractivity contribution is 5.98. The maximum atomic E-state index is 14.0. The second-order valence-electron chi connectivity index (χ2n) is 8.64. The van der Waals surface area contributed by atoms with Gasteiger partial charge in [-0.15, -0.1) is 0 Å². The number of amides is 1. The largest absolute Gasteiger partial charge is 0.508 e. The fourth-order valence-corrected chi connectivity index (χ4v) is 4.64. The molecule has 0 saturated heterocycles. The molecule has 1 aromatic carbocycles. The lowest BCUT2D eigenvalue weighted by atomic mass is 9.81. The van der Waals surface area contributed by atoms with Crippen molar-refractivity contribution < 1.29 is 14.6 Å². The number of anilines is 1. The number of rotatable bonds is 7. The molecule has 4 aromatic rings. The van der Waals surface area contributed by atoms with Crippen molar-refractivity contribution in [3.05, 3.63) is 95.7 Å². The van der Waals surface area contributed by atoms with Gasteiger partial charge in [0.1, 0.15) is 5.75 Å². The summed E-state index contributed by atoms with van der Waals surface area (Å²) in [5.41, 5.74) is 4.26. The Morgan fingerprint density at radius 1 is 1.14 bits per heavy atom. The molecule has 0 spiro atoms. The number of phenols is 1. The van der Waals surface area contributed by atoms with Gasteiger partial charge in [0.2, 0.25) is 11.8 Å². The molecule has 8 heteroatoms. The van der Waals surface area contributed by atoms with Gasteiger partial charge in [-0.25, -0.2) is 4.98 Å². The van der Waals surface area contributed by atoms with E-state index in [1.54, 1.807) is 48.8 Å².